The maximum atomic E-state index is 12.6. The Morgan fingerprint density at radius 1 is 1.24 bits per heavy atom. The van der Waals surface area contributed by atoms with E-state index in [-0.39, 0.29) is 19.0 Å². The second-order valence-corrected chi connectivity index (χ2v) is 5.33. The molecule has 0 spiro atoms. The van der Waals surface area contributed by atoms with Crippen molar-refractivity contribution in [3.8, 4) is 0 Å². The number of fused-ring (bicyclic) bond motifs is 1. The molecule has 0 unspecified atom stereocenters. The topological polar surface area (TPSA) is 16.1 Å². The Morgan fingerprint density at radius 2 is 1.95 bits per heavy atom. The third kappa shape index (κ3) is 4.58. The summed E-state index contributed by atoms with van der Waals surface area (Å²) in [5.74, 6) is 0.165. The SMILES string of the molecule is Cc1cc(CN(CCCl)CC(F)(F)F)c2ccccc2n1. The third-order valence-corrected chi connectivity index (χ3v) is 3.30. The molecule has 0 aliphatic heterocycles. The molecule has 0 saturated heterocycles. The number of nitrogens with zero attached hydrogens (tertiary/aromatic N) is 2. The standard InChI is InChI=1S/C15H16ClF3N2/c1-11-8-12(13-4-2-3-5-14(13)20-11)9-21(7-6-16)10-15(17,18)19/h2-5,8H,6-7,9-10H2,1H3. The molecule has 0 atom stereocenters. The summed E-state index contributed by atoms with van der Waals surface area (Å²) in [6.45, 7) is 1.27. The van der Waals surface area contributed by atoms with Crippen molar-refractivity contribution in [3.05, 3.63) is 41.6 Å². The summed E-state index contributed by atoms with van der Waals surface area (Å²) in [7, 11) is 0. The van der Waals surface area contributed by atoms with Crippen LogP contribution in [0.3, 0.4) is 0 Å². The Hall–Kier alpha value is -1.33. The summed E-state index contributed by atoms with van der Waals surface area (Å²) in [6.07, 6.45) is -4.23. The van der Waals surface area contributed by atoms with Crippen LogP contribution in [0.2, 0.25) is 0 Å². The molecule has 0 saturated carbocycles. The molecular formula is C15H16ClF3N2. The summed E-state index contributed by atoms with van der Waals surface area (Å²) < 4.78 is 37.9. The molecule has 114 valence electrons. The van der Waals surface area contributed by atoms with Crippen LogP contribution < -0.4 is 0 Å². The fraction of sp³-hybridized carbons (Fsp3) is 0.400. The summed E-state index contributed by atoms with van der Waals surface area (Å²) in [6, 6.07) is 9.30. The van der Waals surface area contributed by atoms with Gasteiger partial charge in [-0.25, -0.2) is 0 Å². The molecule has 2 rings (SSSR count). The summed E-state index contributed by atoms with van der Waals surface area (Å²) in [5.41, 5.74) is 2.43. The first-order chi connectivity index (χ1) is 9.89. The fourth-order valence-corrected chi connectivity index (χ4v) is 2.59. The maximum Gasteiger partial charge on any atom is 0.401 e. The van der Waals surface area contributed by atoms with Crippen molar-refractivity contribution in [2.24, 2.45) is 0 Å². The van der Waals surface area contributed by atoms with E-state index in [4.69, 9.17) is 11.6 Å². The summed E-state index contributed by atoms with van der Waals surface area (Å²) >= 11 is 5.62. The van der Waals surface area contributed by atoms with Crippen molar-refractivity contribution in [1.82, 2.24) is 9.88 Å². The molecule has 2 aromatic rings. The van der Waals surface area contributed by atoms with E-state index in [2.05, 4.69) is 4.98 Å². The minimum atomic E-state index is -4.23. The Bertz CT molecular complexity index is 613. The highest BCUT2D eigenvalue weighted by molar-refractivity contribution is 6.18. The minimum Gasteiger partial charge on any atom is -0.289 e. The fourth-order valence-electron chi connectivity index (χ4n) is 2.35. The number of alkyl halides is 4. The third-order valence-electron chi connectivity index (χ3n) is 3.13. The van der Waals surface area contributed by atoms with Crippen molar-refractivity contribution in [3.63, 3.8) is 0 Å². The van der Waals surface area contributed by atoms with Gasteiger partial charge in [0.05, 0.1) is 12.1 Å². The quantitative estimate of drug-likeness (QED) is 0.770. The van der Waals surface area contributed by atoms with Crippen molar-refractivity contribution in [1.29, 1.82) is 0 Å². The molecule has 6 heteroatoms. The number of pyridine rings is 1. The van der Waals surface area contributed by atoms with E-state index in [0.29, 0.717) is 0 Å². The normalized spacial score (nSPS) is 12.3. The molecule has 0 radical (unpaired) electrons. The molecule has 1 heterocycles. The number of para-hydroxylation sites is 1. The second kappa shape index (κ2) is 6.62. The van der Waals surface area contributed by atoms with Gasteiger partial charge in [0.2, 0.25) is 0 Å². The van der Waals surface area contributed by atoms with E-state index in [0.717, 1.165) is 22.2 Å². The van der Waals surface area contributed by atoms with Gasteiger partial charge in [-0.3, -0.25) is 9.88 Å². The van der Waals surface area contributed by atoms with Crippen molar-refractivity contribution in [2.75, 3.05) is 19.0 Å². The van der Waals surface area contributed by atoms with Gasteiger partial charge in [-0.2, -0.15) is 13.2 Å². The summed E-state index contributed by atoms with van der Waals surface area (Å²) in [4.78, 5) is 5.71. The number of benzene rings is 1. The van der Waals surface area contributed by atoms with Crippen LogP contribution in [0.25, 0.3) is 10.9 Å². The first kappa shape index (κ1) is 16.0. The predicted molar refractivity (Wildman–Crippen MR) is 78.5 cm³/mol. The van der Waals surface area contributed by atoms with Crippen molar-refractivity contribution in [2.45, 2.75) is 19.6 Å². The highest BCUT2D eigenvalue weighted by Gasteiger charge is 2.30. The average Bonchev–Trinajstić information content (AvgIpc) is 2.36. The van der Waals surface area contributed by atoms with E-state index in [1.807, 2.05) is 37.3 Å². The van der Waals surface area contributed by atoms with E-state index < -0.39 is 12.7 Å². The zero-order chi connectivity index (χ0) is 15.5. The Morgan fingerprint density at radius 3 is 2.62 bits per heavy atom. The van der Waals surface area contributed by atoms with E-state index in [1.165, 1.54) is 4.90 Å². The van der Waals surface area contributed by atoms with Crippen LogP contribution in [-0.4, -0.2) is 35.0 Å². The molecule has 0 aliphatic rings. The molecule has 2 nitrogen and oxygen atoms in total. The lowest BCUT2D eigenvalue weighted by Crippen LogP contribution is -2.35. The molecule has 21 heavy (non-hydrogen) atoms. The maximum absolute atomic E-state index is 12.6. The smallest absolute Gasteiger partial charge is 0.289 e. The molecule has 0 amide bonds. The highest BCUT2D eigenvalue weighted by atomic mass is 35.5. The Balaban J connectivity index is 2.31. The lowest BCUT2D eigenvalue weighted by atomic mass is 10.1. The van der Waals surface area contributed by atoms with Gasteiger partial charge in [0.1, 0.15) is 0 Å². The van der Waals surface area contributed by atoms with Gasteiger partial charge < -0.3 is 0 Å². The van der Waals surface area contributed by atoms with Gasteiger partial charge >= 0.3 is 6.18 Å². The molecule has 1 aromatic heterocycles. The van der Waals surface area contributed by atoms with E-state index in [1.54, 1.807) is 0 Å². The number of halogens is 4. The van der Waals surface area contributed by atoms with Gasteiger partial charge in [-0.15, -0.1) is 11.6 Å². The largest absolute Gasteiger partial charge is 0.401 e. The second-order valence-electron chi connectivity index (χ2n) is 4.95. The molecule has 0 aliphatic carbocycles. The number of aryl methyl sites for hydroxylation is 1. The highest BCUT2D eigenvalue weighted by Crippen LogP contribution is 2.22. The van der Waals surface area contributed by atoms with Crippen molar-refractivity contribution >= 4 is 22.5 Å². The number of hydrogen-bond acceptors (Lipinski definition) is 2. The Labute approximate surface area is 126 Å². The van der Waals surface area contributed by atoms with Crippen LogP contribution in [0.15, 0.2) is 30.3 Å². The number of aromatic nitrogens is 1. The first-order valence-electron chi connectivity index (χ1n) is 6.59. The lowest BCUT2D eigenvalue weighted by Gasteiger charge is -2.23. The average molecular weight is 317 g/mol. The van der Waals surface area contributed by atoms with Gasteiger partial charge in [-0.05, 0) is 24.6 Å². The molecule has 0 N–H and O–H groups in total. The van der Waals surface area contributed by atoms with Gasteiger partial charge in [0, 0.05) is 30.0 Å². The van der Waals surface area contributed by atoms with Crippen LogP contribution in [0.1, 0.15) is 11.3 Å². The first-order valence-corrected chi connectivity index (χ1v) is 7.13. The minimum absolute atomic E-state index is 0.165. The van der Waals surface area contributed by atoms with Crippen LogP contribution in [0, 0.1) is 6.92 Å². The number of rotatable bonds is 5. The monoisotopic (exact) mass is 316 g/mol. The van der Waals surface area contributed by atoms with Gasteiger partial charge in [-0.1, -0.05) is 18.2 Å². The Kier molecular flexibility index (Phi) is 5.06. The van der Waals surface area contributed by atoms with E-state index >= 15 is 0 Å². The summed E-state index contributed by atoms with van der Waals surface area (Å²) in [5, 5.41) is 0.879. The molecule has 0 fully saturated rings. The zero-order valence-corrected chi connectivity index (χ0v) is 12.4. The molecular weight excluding hydrogens is 301 g/mol. The van der Waals surface area contributed by atoms with Crippen LogP contribution >= 0.6 is 11.6 Å². The zero-order valence-electron chi connectivity index (χ0n) is 11.6. The van der Waals surface area contributed by atoms with Crippen LogP contribution in [0.5, 0.6) is 0 Å². The van der Waals surface area contributed by atoms with Crippen molar-refractivity contribution < 1.29 is 13.2 Å². The lowest BCUT2D eigenvalue weighted by molar-refractivity contribution is -0.146. The van der Waals surface area contributed by atoms with E-state index in [9.17, 15) is 13.2 Å². The van der Waals surface area contributed by atoms with Crippen LogP contribution in [-0.2, 0) is 6.54 Å². The predicted octanol–water partition coefficient (Wildman–Crippen LogP) is 4.15. The molecule has 1 aromatic carbocycles. The van der Waals surface area contributed by atoms with Gasteiger partial charge in [0.25, 0.3) is 0 Å². The van der Waals surface area contributed by atoms with Gasteiger partial charge in [0.15, 0.2) is 0 Å². The number of hydrogen-bond donors (Lipinski definition) is 0. The van der Waals surface area contributed by atoms with Crippen LogP contribution in [0.4, 0.5) is 13.2 Å². The molecule has 0 bridgehead atoms.